The molecule has 2 rings (SSSR count). The molecule has 0 spiro atoms. The Bertz CT molecular complexity index is 375. The monoisotopic (exact) mass is 238 g/mol. The molecule has 1 fully saturated rings. The van der Waals surface area contributed by atoms with Crippen LogP contribution >= 0.6 is 11.3 Å². The number of hydrogen-bond donors (Lipinski definition) is 1. The van der Waals surface area contributed by atoms with Crippen molar-refractivity contribution in [3.63, 3.8) is 0 Å². The van der Waals surface area contributed by atoms with Gasteiger partial charge in [0.05, 0.1) is 5.01 Å². The van der Waals surface area contributed by atoms with Crippen LogP contribution in [0.5, 0.6) is 0 Å². The van der Waals surface area contributed by atoms with E-state index < -0.39 is 0 Å². The van der Waals surface area contributed by atoms with E-state index in [-0.39, 0.29) is 5.78 Å². The molecule has 88 valence electrons. The maximum Gasteiger partial charge on any atom is 0.183 e. The Hall–Kier alpha value is -0.740. The zero-order chi connectivity index (χ0) is 11.5. The SMILES string of the molecule is Cc1nc(C(=O)CC2CC(C)CCN2)cs1. The smallest absolute Gasteiger partial charge is 0.183 e. The molecule has 4 heteroatoms. The zero-order valence-electron chi connectivity index (χ0n) is 9.82. The first-order valence-corrected chi connectivity index (χ1v) is 6.72. The average molecular weight is 238 g/mol. The molecule has 1 N–H and O–H groups in total. The van der Waals surface area contributed by atoms with E-state index in [9.17, 15) is 4.79 Å². The van der Waals surface area contributed by atoms with Gasteiger partial charge in [-0.1, -0.05) is 6.92 Å². The molecule has 2 atom stereocenters. The van der Waals surface area contributed by atoms with E-state index in [1.54, 1.807) is 11.3 Å². The first-order valence-electron chi connectivity index (χ1n) is 5.84. The van der Waals surface area contributed by atoms with Gasteiger partial charge in [0.2, 0.25) is 0 Å². The summed E-state index contributed by atoms with van der Waals surface area (Å²) in [6.07, 6.45) is 2.92. The van der Waals surface area contributed by atoms with Crippen LogP contribution in [0.15, 0.2) is 5.38 Å². The number of hydrogen-bond acceptors (Lipinski definition) is 4. The lowest BCUT2D eigenvalue weighted by atomic mass is 9.91. The van der Waals surface area contributed by atoms with Gasteiger partial charge in [-0.15, -0.1) is 11.3 Å². The summed E-state index contributed by atoms with van der Waals surface area (Å²) in [6, 6.07) is 0.346. The summed E-state index contributed by atoms with van der Waals surface area (Å²) >= 11 is 1.54. The Morgan fingerprint density at radius 2 is 2.50 bits per heavy atom. The fraction of sp³-hybridized carbons (Fsp3) is 0.667. The van der Waals surface area contributed by atoms with Crippen LogP contribution in [0.3, 0.4) is 0 Å². The van der Waals surface area contributed by atoms with Crippen LogP contribution in [0.2, 0.25) is 0 Å². The fourth-order valence-electron chi connectivity index (χ4n) is 2.20. The lowest BCUT2D eigenvalue weighted by Gasteiger charge is -2.27. The molecule has 1 aromatic heterocycles. The number of aryl methyl sites for hydroxylation is 1. The summed E-state index contributed by atoms with van der Waals surface area (Å²) in [5.74, 6) is 0.909. The number of carbonyl (C=O) groups is 1. The molecule has 2 unspecified atom stereocenters. The van der Waals surface area contributed by atoms with E-state index in [0.29, 0.717) is 18.2 Å². The van der Waals surface area contributed by atoms with Crippen molar-refractivity contribution in [2.45, 2.75) is 39.2 Å². The lowest BCUT2D eigenvalue weighted by molar-refractivity contribution is 0.0954. The molecular formula is C12H18N2OS. The second-order valence-electron chi connectivity index (χ2n) is 4.66. The Morgan fingerprint density at radius 3 is 3.12 bits per heavy atom. The standard InChI is InChI=1S/C12H18N2OS/c1-8-3-4-13-10(5-8)6-12(15)11-7-16-9(2)14-11/h7-8,10,13H,3-6H2,1-2H3. The average Bonchev–Trinajstić information content (AvgIpc) is 2.65. The Morgan fingerprint density at radius 1 is 1.69 bits per heavy atom. The number of aromatic nitrogens is 1. The summed E-state index contributed by atoms with van der Waals surface area (Å²) in [7, 11) is 0. The van der Waals surface area contributed by atoms with E-state index in [1.807, 2.05) is 12.3 Å². The van der Waals surface area contributed by atoms with Gasteiger partial charge in [0, 0.05) is 17.8 Å². The number of carbonyl (C=O) groups excluding carboxylic acids is 1. The first kappa shape index (κ1) is 11.7. The molecule has 2 heterocycles. The van der Waals surface area contributed by atoms with E-state index in [4.69, 9.17) is 0 Å². The summed E-state index contributed by atoms with van der Waals surface area (Å²) in [6.45, 7) is 5.23. The fourth-order valence-corrected chi connectivity index (χ4v) is 2.81. The molecule has 0 aromatic carbocycles. The molecule has 1 saturated heterocycles. The Kier molecular flexibility index (Phi) is 3.71. The van der Waals surface area contributed by atoms with E-state index in [2.05, 4.69) is 17.2 Å². The molecule has 0 bridgehead atoms. The van der Waals surface area contributed by atoms with Crippen molar-refractivity contribution < 1.29 is 4.79 Å². The maximum absolute atomic E-state index is 11.9. The van der Waals surface area contributed by atoms with E-state index in [0.717, 1.165) is 23.9 Å². The largest absolute Gasteiger partial charge is 0.314 e. The van der Waals surface area contributed by atoms with Crippen LogP contribution in [0.4, 0.5) is 0 Å². The quantitative estimate of drug-likeness (QED) is 0.822. The molecule has 0 amide bonds. The van der Waals surface area contributed by atoms with Crippen LogP contribution in [-0.2, 0) is 0 Å². The third-order valence-electron chi connectivity index (χ3n) is 3.09. The number of Topliss-reactive ketones (excluding diaryl/α,β-unsaturated/α-hetero) is 1. The van der Waals surface area contributed by atoms with E-state index in [1.165, 1.54) is 6.42 Å². The second kappa shape index (κ2) is 5.06. The minimum Gasteiger partial charge on any atom is -0.314 e. The zero-order valence-corrected chi connectivity index (χ0v) is 10.6. The van der Waals surface area contributed by atoms with Gasteiger partial charge in [0.1, 0.15) is 5.69 Å². The summed E-state index contributed by atoms with van der Waals surface area (Å²) in [5, 5.41) is 6.24. The van der Waals surface area contributed by atoms with Crippen LogP contribution in [0, 0.1) is 12.8 Å². The Labute approximate surface area is 100 Å². The Balaban J connectivity index is 1.92. The van der Waals surface area contributed by atoms with Gasteiger partial charge in [-0.25, -0.2) is 4.98 Å². The van der Waals surface area contributed by atoms with Crippen LogP contribution < -0.4 is 5.32 Å². The topological polar surface area (TPSA) is 42.0 Å². The number of thiazole rings is 1. The molecule has 16 heavy (non-hydrogen) atoms. The molecule has 0 aliphatic carbocycles. The lowest BCUT2D eigenvalue weighted by Crippen LogP contribution is -2.38. The number of nitrogens with zero attached hydrogens (tertiary/aromatic N) is 1. The molecule has 0 saturated carbocycles. The van der Waals surface area contributed by atoms with Crippen molar-refractivity contribution in [1.82, 2.24) is 10.3 Å². The predicted molar refractivity (Wildman–Crippen MR) is 66.0 cm³/mol. The predicted octanol–water partition coefficient (Wildman–Crippen LogP) is 2.41. The normalized spacial score (nSPS) is 25.6. The molecule has 0 radical (unpaired) electrons. The van der Waals surface area contributed by atoms with Crippen molar-refractivity contribution in [3.8, 4) is 0 Å². The van der Waals surface area contributed by atoms with Crippen LogP contribution in [0.1, 0.15) is 41.7 Å². The second-order valence-corrected chi connectivity index (χ2v) is 5.72. The molecule has 1 aliphatic rings. The van der Waals surface area contributed by atoms with Gasteiger partial charge in [0.15, 0.2) is 5.78 Å². The third kappa shape index (κ3) is 2.89. The van der Waals surface area contributed by atoms with Crippen molar-refractivity contribution in [2.24, 2.45) is 5.92 Å². The molecule has 1 aromatic rings. The van der Waals surface area contributed by atoms with E-state index >= 15 is 0 Å². The molecule has 3 nitrogen and oxygen atoms in total. The minimum atomic E-state index is 0.177. The first-order chi connectivity index (χ1) is 7.65. The van der Waals surface area contributed by atoms with Crippen molar-refractivity contribution in [1.29, 1.82) is 0 Å². The van der Waals surface area contributed by atoms with Gasteiger partial charge in [-0.05, 0) is 32.2 Å². The number of piperidine rings is 1. The third-order valence-corrected chi connectivity index (χ3v) is 3.87. The highest BCUT2D eigenvalue weighted by Gasteiger charge is 2.22. The van der Waals surface area contributed by atoms with Crippen molar-refractivity contribution in [2.75, 3.05) is 6.54 Å². The number of ketones is 1. The highest BCUT2D eigenvalue weighted by Crippen LogP contribution is 2.19. The molecular weight excluding hydrogens is 220 g/mol. The summed E-state index contributed by atoms with van der Waals surface area (Å²) in [5.41, 5.74) is 0.641. The minimum absolute atomic E-state index is 0.177. The van der Waals surface area contributed by atoms with Crippen LogP contribution in [0.25, 0.3) is 0 Å². The van der Waals surface area contributed by atoms with Gasteiger partial charge >= 0.3 is 0 Å². The van der Waals surface area contributed by atoms with Crippen molar-refractivity contribution in [3.05, 3.63) is 16.1 Å². The summed E-state index contributed by atoms with van der Waals surface area (Å²) < 4.78 is 0. The van der Waals surface area contributed by atoms with Gasteiger partial charge in [0.25, 0.3) is 0 Å². The van der Waals surface area contributed by atoms with Crippen LogP contribution in [-0.4, -0.2) is 23.4 Å². The maximum atomic E-state index is 11.9. The number of nitrogens with one attached hydrogen (secondary N) is 1. The molecule has 1 aliphatic heterocycles. The van der Waals surface area contributed by atoms with Gasteiger partial charge in [-0.3, -0.25) is 4.79 Å². The van der Waals surface area contributed by atoms with Crippen molar-refractivity contribution >= 4 is 17.1 Å². The number of rotatable bonds is 3. The van der Waals surface area contributed by atoms with Gasteiger partial charge < -0.3 is 5.32 Å². The highest BCUT2D eigenvalue weighted by molar-refractivity contribution is 7.09. The van der Waals surface area contributed by atoms with Gasteiger partial charge in [-0.2, -0.15) is 0 Å². The summed E-state index contributed by atoms with van der Waals surface area (Å²) in [4.78, 5) is 16.2. The highest BCUT2D eigenvalue weighted by atomic mass is 32.1.